The third-order valence-electron chi connectivity index (χ3n) is 3.90. The summed E-state index contributed by atoms with van der Waals surface area (Å²) in [6, 6.07) is 8.33. The molecule has 0 spiro atoms. The lowest BCUT2D eigenvalue weighted by Crippen LogP contribution is -2.03. The van der Waals surface area contributed by atoms with Crippen molar-refractivity contribution in [1.29, 1.82) is 0 Å². The highest BCUT2D eigenvalue weighted by atomic mass is 79.9. The second kappa shape index (κ2) is 8.88. The van der Waals surface area contributed by atoms with Gasteiger partial charge in [-0.3, -0.25) is 0 Å². The molecule has 0 radical (unpaired) electrons. The first-order chi connectivity index (χ1) is 10.6. The number of alkyl halides is 2. The molecule has 2 rings (SSSR count). The molecule has 1 heterocycles. The van der Waals surface area contributed by atoms with E-state index < -0.39 is 0 Å². The molecule has 120 valence electrons. The minimum Gasteiger partial charge on any atom is -0.441 e. The maximum absolute atomic E-state index is 5.83. The molecule has 0 aliphatic rings. The summed E-state index contributed by atoms with van der Waals surface area (Å²) in [6.45, 7) is 4.10. The molecular weight excluding hydrogens is 406 g/mol. The van der Waals surface area contributed by atoms with E-state index >= 15 is 0 Å². The van der Waals surface area contributed by atoms with Crippen LogP contribution >= 0.6 is 31.9 Å². The van der Waals surface area contributed by atoms with Crippen molar-refractivity contribution in [3.8, 4) is 11.5 Å². The van der Waals surface area contributed by atoms with Gasteiger partial charge in [-0.25, -0.2) is 4.98 Å². The first-order valence-electron chi connectivity index (χ1n) is 7.79. The molecule has 0 unspecified atom stereocenters. The largest absolute Gasteiger partial charge is 0.441 e. The minimum absolute atomic E-state index is 0.724. The number of aromatic nitrogens is 1. The van der Waals surface area contributed by atoms with Gasteiger partial charge in [0.2, 0.25) is 5.89 Å². The number of aryl methyl sites for hydroxylation is 3. The Morgan fingerprint density at radius 3 is 2.36 bits per heavy atom. The molecule has 0 saturated carbocycles. The van der Waals surface area contributed by atoms with E-state index in [1.807, 2.05) is 6.92 Å². The Hall–Kier alpha value is -0.610. The van der Waals surface area contributed by atoms with E-state index in [2.05, 4.69) is 68.0 Å². The molecule has 0 atom stereocenters. The van der Waals surface area contributed by atoms with Gasteiger partial charge < -0.3 is 4.42 Å². The Kier molecular flexibility index (Phi) is 7.16. The van der Waals surface area contributed by atoms with E-state index in [-0.39, 0.29) is 0 Å². The van der Waals surface area contributed by atoms with E-state index in [1.54, 1.807) is 0 Å². The summed E-state index contributed by atoms with van der Waals surface area (Å²) in [5.74, 6) is 2.42. The van der Waals surface area contributed by atoms with Crippen LogP contribution in [0.25, 0.3) is 11.5 Å². The molecule has 22 heavy (non-hydrogen) atoms. The van der Waals surface area contributed by atoms with Crippen LogP contribution in [0.1, 0.15) is 36.3 Å². The van der Waals surface area contributed by atoms with E-state index in [9.17, 15) is 0 Å². The fraction of sp³-hybridized carbons (Fsp3) is 0.500. The Labute approximate surface area is 150 Å². The molecule has 0 N–H and O–H groups in total. The van der Waals surface area contributed by atoms with Crippen molar-refractivity contribution in [2.45, 2.75) is 39.5 Å². The first kappa shape index (κ1) is 17.7. The molecule has 2 nitrogen and oxygen atoms in total. The zero-order valence-corrected chi connectivity index (χ0v) is 16.4. The van der Waals surface area contributed by atoms with Gasteiger partial charge in [0.05, 0.1) is 5.69 Å². The average molecular weight is 429 g/mol. The fourth-order valence-corrected chi connectivity index (χ4v) is 4.12. The summed E-state index contributed by atoms with van der Waals surface area (Å²) in [7, 11) is 0. The van der Waals surface area contributed by atoms with Gasteiger partial charge in [-0.1, -0.05) is 56.0 Å². The molecule has 4 heteroatoms. The number of unbranched alkanes of at least 4 members (excludes halogenated alkanes) is 1. The zero-order chi connectivity index (χ0) is 15.9. The lowest BCUT2D eigenvalue weighted by molar-refractivity contribution is 0.533. The zero-order valence-electron chi connectivity index (χ0n) is 13.2. The third kappa shape index (κ3) is 4.95. The van der Waals surface area contributed by atoms with Crippen LogP contribution in [-0.2, 0) is 6.42 Å². The summed E-state index contributed by atoms with van der Waals surface area (Å²) < 4.78 is 5.83. The SMILES string of the molecule is Cc1ccc(-c2nc(CCCCC(CBr)CBr)c(C)o2)cc1. The summed E-state index contributed by atoms with van der Waals surface area (Å²) in [5, 5.41) is 2.14. The van der Waals surface area contributed by atoms with Gasteiger partial charge >= 0.3 is 0 Å². The highest BCUT2D eigenvalue weighted by Crippen LogP contribution is 2.23. The summed E-state index contributed by atoms with van der Waals surface area (Å²) in [6.07, 6.45) is 4.64. The number of hydrogen-bond donors (Lipinski definition) is 0. The van der Waals surface area contributed by atoms with Crippen molar-refractivity contribution in [2.24, 2.45) is 5.92 Å². The van der Waals surface area contributed by atoms with Gasteiger partial charge in [0.25, 0.3) is 0 Å². The number of hydrogen-bond acceptors (Lipinski definition) is 2. The van der Waals surface area contributed by atoms with Crippen LogP contribution in [-0.4, -0.2) is 15.6 Å². The van der Waals surface area contributed by atoms with Crippen molar-refractivity contribution < 1.29 is 4.42 Å². The van der Waals surface area contributed by atoms with Crippen LogP contribution in [0.15, 0.2) is 28.7 Å². The van der Waals surface area contributed by atoms with Crippen molar-refractivity contribution in [2.75, 3.05) is 10.7 Å². The molecule has 0 bridgehead atoms. The van der Waals surface area contributed by atoms with Gasteiger partial charge in [-0.05, 0) is 51.2 Å². The molecule has 0 aliphatic carbocycles. The standard InChI is InChI=1S/C18H23Br2NO/c1-13-7-9-16(10-8-13)18-21-17(14(2)22-18)6-4-3-5-15(11-19)12-20/h7-10,15H,3-6,11-12H2,1-2H3. The second-order valence-electron chi connectivity index (χ2n) is 5.81. The van der Waals surface area contributed by atoms with Gasteiger partial charge in [-0.15, -0.1) is 0 Å². The lowest BCUT2D eigenvalue weighted by Gasteiger charge is -2.09. The summed E-state index contributed by atoms with van der Waals surface area (Å²) in [4.78, 5) is 4.68. The number of nitrogens with zero attached hydrogens (tertiary/aromatic N) is 1. The fourth-order valence-electron chi connectivity index (χ4n) is 2.40. The second-order valence-corrected chi connectivity index (χ2v) is 7.10. The average Bonchev–Trinajstić information content (AvgIpc) is 2.89. The summed E-state index contributed by atoms with van der Waals surface area (Å²) >= 11 is 7.12. The Balaban J connectivity index is 1.91. The quantitative estimate of drug-likeness (QED) is 0.376. The molecule has 0 aliphatic heterocycles. The third-order valence-corrected chi connectivity index (χ3v) is 5.73. The maximum Gasteiger partial charge on any atom is 0.226 e. The van der Waals surface area contributed by atoms with Gasteiger partial charge in [0.15, 0.2) is 0 Å². The molecule has 1 aromatic heterocycles. The normalized spacial score (nSPS) is 11.3. The molecule has 0 amide bonds. The Bertz CT molecular complexity index is 573. The predicted molar refractivity (Wildman–Crippen MR) is 100 cm³/mol. The molecule has 2 aromatic rings. The van der Waals surface area contributed by atoms with Crippen molar-refractivity contribution >= 4 is 31.9 Å². The van der Waals surface area contributed by atoms with Gasteiger partial charge in [0, 0.05) is 16.2 Å². The molecule has 0 saturated heterocycles. The monoisotopic (exact) mass is 427 g/mol. The lowest BCUT2D eigenvalue weighted by atomic mass is 10.0. The number of benzene rings is 1. The molecule has 0 fully saturated rings. The topological polar surface area (TPSA) is 26.0 Å². The van der Waals surface area contributed by atoms with E-state index in [0.29, 0.717) is 0 Å². The highest BCUT2D eigenvalue weighted by molar-refractivity contribution is 9.09. The van der Waals surface area contributed by atoms with Crippen molar-refractivity contribution in [1.82, 2.24) is 4.98 Å². The van der Waals surface area contributed by atoms with Crippen molar-refractivity contribution in [3.05, 3.63) is 41.3 Å². The van der Waals surface area contributed by atoms with E-state index in [0.717, 1.165) is 52.3 Å². The highest BCUT2D eigenvalue weighted by Gasteiger charge is 2.11. The maximum atomic E-state index is 5.83. The van der Waals surface area contributed by atoms with Crippen LogP contribution in [0, 0.1) is 19.8 Å². The van der Waals surface area contributed by atoms with Crippen LogP contribution < -0.4 is 0 Å². The van der Waals surface area contributed by atoms with Crippen LogP contribution in [0.2, 0.25) is 0 Å². The minimum atomic E-state index is 0.724. The predicted octanol–water partition coefficient (Wildman–Crippen LogP) is 6.08. The molecule has 1 aromatic carbocycles. The van der Waals surface area contributed by atoms with Gasteiger partial charge in [0.1, 0.15) is 5.76 Å². The van der Waals surface area contributed by atoms with E-state index in [4.69, 9.17) is 4.42 Å². The smallest absolute Gasteiger partial charge is 0.226 e. The van der Waals surface area contributed by atoms with Gasteiger partial charge in [-0.2, -0.15) is 0 Å². The Morgan fingerprint density at radius 2 is 1.73 bits per heavy atom. The van der Waals surface area contributed by atoms with Crippen LogP contribution in [0.3, 0.4) is 0 Å². The van der Waals surface area contributed by atoms with Crippen LogP contribution in [0.4, 0.5) is 0 Å². The number of rotatable bonds is 8. The van der Waals surface area contributed by atoms with Crippen molar-refractivity contribution in [3.63, 3.8) is 0 Å². The van der Waals surface area contributed by atoms with Crippen LogP contribution in [0.5, 0.6) is 0 Å². The number of oxazole rings is 1. The first-order valence-corrected chi connectivity index (χ1v) is 10.0. The molecular formula is C18H23Br2NO. The number of halogens is 2. The van der Waals surface area contributed by atoms with E-state index in [1.165, 1.54) is 18.4 Å². The summed E-state index contributed by atoms with van der Waals surface area (Å²) in [5.41, 5.74) is 3.41. The Morgan fingerprint density at radius 1 is 1.05 bits per heavy atom.